The van der Waals surface area contributed by atoms with Crippen LogP contribution in [-0.2, 0) is 9.53 Å². The summed E-state index contributed by atoms with van der Waals surface area (Å²) in [5.41, 5.74) is 1.15. The van der Waals surface area contributed by atoms with E-state index in [9.17, 15) is 4.79 Å². The minimum atomic E-state index is -0.0342. The van der Waals surface area contributed by atoms with E-state index in [0.717, 1.165) is 41.9 Å². The Kier molecular flexibility index (Phi) is 5.64. The normalized spacial score (nSPS) is 48.9. The lowest BCUT2D eigenvalue weighted by Crippen LogP contribution is -2.53. The van der Waals surface area contributed by atoms with Crippen molar-refractivity contribution in [2.45, 2.75) is 98.3 Å². The van der Waals surface area contributed by atoms with Crippen LogP contribution in [0.4, 0.5) is 0 Å². The molecule has 0 N–H and O–H groups in total. The Morgan fingerprint density at radius 1 is 1.00 bits per heavy atom. The number of fused-ring (bicyclic) bond motifs is 5. The van der Waals surface area contributed by atoms with Gasteiger partial charge in [0.2, 0.25) is 0 Å². The molecule has 9 atom stereocenters. The Hall–Kier alpha value is -0.530. The third-order valence-corrected chi connectivity index (χ3v) is 10.7. The fourth-order valence-corrected chi connectivity index (χ4v) is 9.10. The number of esters is 1. The Labute approximate surface area is 173 Å². The molecule has 2 nitrogen and oxygen atoms in total. The van der Waals surface area contributed by atoms with Crippen LogP contribution in [0.5, 0.6) is 0 Å². The van der Waals surface area contributed by atoms with Crippen molar-refractivity contribution >= 4 is 5.97 Å². The number of methoxy groups -OCH3 is 1. The molecule has 0 spiro atoms. The number of rotatable bonds is 4. The van der Waals surface area contributed by atoms with E-state index in [1.807, 2.05) is 0 Å². The number of hydrogen-bond acceptors (Lipinski definition) is 2. The van der Waals surface area contributed by atoms with E-state index in [1.54, 1.807) is 0 Å². The van der Waals surface area contributed by atoms with Gasteiger partial charge in [-0.2, -0.15) is 0 Å². The SMILES string of the molecule is COC(=O)CC[C@@H](C)C1CCC2C3CCC4CC(C)CCC4(C)C3CCC21C. The molecule has 0 bridgehead atoms. The summed E-state index contributed by atoms with van der Waals surface area (Å²) in [6.45, 7) is 10.2. The summed E-state index contributed by atoms with van der Waals surface area (Å²) >= 11 is 0. The highest BCUT2D eigenvalue weighted by atomic mass is 16.5. The monoisotopic (exact) mass is 388 g/mol. The van der Waals surface area contributed by atoms with Crippen LogP contribution in [0.15, 0.2) is 0 Å². The zero-order valence-corrected chi connectivity index (χ0v) is 19.1. The molecule has 4 aliphatic rings. The standard InChI is InChI=1S/C26H44O2/c1-17-12-14-25(3)19(16-17)7-8-20-22-10-9-21(18(2)6-11-24(27)28-5)26(22,4)15-13-23(20)25/h17-23H,6-16H2,1-5H3/t17?,18-,19?,20?,21?,22?,23?,25?,26?/m1/s1. The topological polar surface area (TPSA) is 26.3 Å². The quantitative estimate of drug-likeness (QED) is 0.491. The summed E-state index contributed by atoms with van der Waals surface area (Å²) < 4.78 is 4.90. The Morgan fingerprint density at radius 3 is 2.46 bits per heavy atom. The van der Waals surface area contributed by atoms with Crippen molar-refractivity contribution in [1.82, 2.24) is 0 Å². The minimum Gasteiger partial charge on any atom is -0.469 e. The maximum absolute atomic E-state index is 11.7. The first-order valence-electron chi connectivity index (χ1n) is 12.4. The molecule has 4 aliphatic carbocycles. The second kappa shape index (κ2) is 7.62. The van der Waals surface area contributed by atoms with Crippen molar-refractivity contribution in [2.24, 2.45) is 52.3 Å². The van der Waals surface area contributed by atoms with Crippen LogP contribution in [0.2, 0.25) is 0 Å². The van der Waals surface area contributed by atoms with E-state index >= 15 is 0 Å². The predicted octanol–water partition coefficient (Wildman–Crippen LogP) is 6.87. The van der Waals surface area contributed by atoms with Crippen LogP contribution >= 0.6 is 0 Å². The van der Waals surface area contributed by atoms with E-state index in [2.05, 4.69) is 27.7 Å². The van der Waals surface area contributed by atoms with Crippen molar-refractivity contribution in [3.05, 3.63) is 0 Å². The first kappa shape index (κ1) is 20.7. The number of carbonyl (C=O) groups excluding carboxylic acids is 1. The van der Waals surface area contributed by atoms with Gasteiger partial charge in [-0.25, -0.2) is 0 Å². The molecule has 0 aromatic carbocycles. The fourth-order valence-electron chi connectivity index (χ4n) is 9.10. The second-order valence-electron chi connectivity index (χ2n) is 11.9. The van der Waals surface area contributed by atoms with Gasteiger partial charge in [-0.15, -0.1) is 0 Å². The molecule has 0 aromatic heterocycles. The first-order chi connectivity index (χ1) is 13.3. The first-order valence-corrected chi connectivity index (χ1v) is 12.4. The lowest BCUT2D eigenvalue weighted by Gasteiger charge is -2.61. The molecule has 0 aliphatic heterocycles. The molecule has 0 aromatic rings. The van der Waals surface area contributed by atoms with E-state index in [-0.39, 0.29) is 5.97 Å². The summed E-state index contributed by atoms with van der Waals surface area (Å²) in [4.78, 5) is 11.7. The molecule has 0 amide bonds. The predicted molar refractivity (Wildman–Crippen MR) is 115 cm³/mol. The van der Waals surface area contributed by atoms with Crippen molar-refractivity contribution in [1.29, 1.82) is 0 Å². The molecule has 0 saturated heterocycles. The molecule has 0 radical (unpaired) electrons. The largest absolute Gasteiger partial charge is 0.469 e. The van der Waals surface area contributed by atoms with Crippen LogP contribution in [0, 0.1) is 52.3 Å². The molecule has 4 fully saturated rings. The van der Waals surface area contributed by atoms with Gasteiger partial charge in [0, 0.05) is 6.42 Å². The van der Waals surface area contributed by atoms with Gasteiger partial charge in [0.25, 0.3) is 0 Å². The molecule has 8 unspecified atom stereocenters. The maximum Gasteiger partial charge on any atom is 0.305 e. The van der Waals surface area contributed by atoms with Crippen molar-refractivity contribution in [3.63, 3.8) is 0 Å². The van der Waals surface area contributed by atoms with E-state index in [0.29, 0.717) is 23.2 Å². The summed E-state index contributed by atoms with van der Waals surface area (Å²) in [6.07, 6.45) is 14.8. The highest BCUT2D eigenvalue weighted by Gasteiger charge is 2.60. The number of ether oxygens (including phenoxy) is 1. The molecule has 2 heteroatoms. The van der Waals surface area contributed by atoms with Gasteiger partial charge >= 0.3 is 5.97 Å². The van der Waals surface area contributed by atoms with Crippen molar-refractivity contribution in [2.75, 3.05) is 7.11 Å². The fraction of sp³-hybridized carbons (Fsp3) is 0.962. The summed E-state index contributed by atoms with van der Waals surface area (Å²) in [5, 5.41) is 0. The van der Waals surface area contributed by atoms with Gasteiger partial charge < -0.3 is 4.74 Å². The molecule has 160 valence electrons. The summed E-state index contributed by atoms with van der Waals surface area (Å²) in [6, 6.07) is 0. The highest BCUT2D eigenvalue weighted by molar-refractivity contribution is 5.69. The highest BCUT2D eigenvalue weighted by Crippen LogP contribution is 2.68. The zero-order valence-electron chi connectivity index (χ0n) is 19.1. The van der Waals surface area contributed by atoms with E-state index < -0.39 is 0 Å². The van der Waals surface area contributed by atoms with Crippen LogP contribution in [0.3, 0.4) is 0 Å². The number of carbonyl (C=O) groups is 1. The average Bonchev–Trinajstić information content (AvgIpc) is 3.03. The average molecular weight is 389 g/mol. The van der Waals surface area contributed by atoms with Crippen LogP contribution < -0.4 is 0 Å². The lowest BCUT2D eigenvalue weighted by molar-refractivity contribution is -0.141. The zero-order chi connectivity index (χ0) is 20.1. The minimum absolute atomic E-state index is 0.0342. The van der Waals surface area contributed by atoms with Crippen molar-refractivity contribution < 1.29 is 9.53 Å². The van der Waals surface area contributed by atoms with E-state index in [1.165, 1.54) is 64.9 Å². The molecule has 4 saturated carbocycles. The summed E-state index contributed by atoms with van der Waals surface area (Å²) in [5.74, 6) is 6.27. The molecule has 0 heterocycles. The Balaban J connectivity index is 1.48. The van der Waals surface area contributed by atoms with Gasteiger partial charge in [0.1, 0.15) is 0 Å². The van der Waals surface area contributed by atoms with E-state index in [4.69, 9.17) is 4.74 Å². The third-order valence-electron chi connectivity index (χ3n) is 10.7. The van der Waals surface area contributed by atoms with Crippen LogP contribution in [0.25, 0.3) is 0 Å². The summed E-state index contributed by atoms with van der Waals surface area (Å²) in [7, 11) is 1.52. The molecule has 28 heavy (non-hydrogen) atoms. The van der Waals surface area contributed by atoms with Gasteiger partial charge in [-0.3, -0.25) is 4.79 Å². The van der Waals surface area contributed by atoms with Crippen LogP contribution in [-0.4, -0.2) is 13.1 Å². The van der Waals surface area contributed by atoms with Gasteiger partial charge in [0.05, 0.1) is 7.11 Å². The second-order valence-corrected chi connectivity index (χ2v) is 11.9. The third kappa shape index (κ3) is 3.25. The smallest absolute Gasteiger partial charge is 0.305 e. The van der Waals surface area contributed by atoms with Gasteiger partial charge in [-0.1, -0.05) is 34.1 Å². The Bertz CT molecular complexity index is 585. The Morgan fingerprint density at radius 2 is 1.71 bits per heavy atom. The van der Waals surface area contributed by atoms with Crippen LogP contribution in [0.1, 0.15) is 98.3 Å². The number of hydrogen-bond donors (Lipinski definition) is 0. The lowest BCUT2D eigenvalue weighted by atomic mass is 9.44. The van der Waals surface area contributed by atoms with Gasteiger partial charge in [0.15, 0.2) is 0 Å². The molecular formula is C26H44O2. The van der Waals surface area contributed by atoms with Gasteiger partial charge in [-0.05, 0) is 110 Å². The van der Waals surface area contributed by atoms with Crippen molar-refractivity contribution in [3.8, 4) is 0 Å². The molecular weight excluding hydrogens is 344 g/mol. The maximum atomic E-state index is 11.7. The molecule has 4 rings (SSSR count).